The lowest BCUT2D eigenvalue weighted by Gasteiger charge is -2.20. The number of rotatable bonds is 3. The van der Waals surface area contributed by atoms with E-state index < -0.39 is 15.7 Å². The maximum atomic E-state index is 11.7. The van der Waals surface area contributed by atoms with E-state index >= 15 is 0 Å². The molecule has 5 nitrogen and oxygen atoms in total. The van der Waals surface area contributed by atoms with Gasteiger partial charge in [-0.25, -0.2) is 0 Å². The second-order valence-electron chi connectivity index (χ2n) is 4.58. The topological polar surface area (TPSA) is 84.2 Å². The molecule has 0 saturated heterocycles. The monoisotopic (exact) mass is 243 g/mol. The molecule has 0 unspecified atom stereocenters. The van der Waals surface area contributed by atoms with Crippen molar-refractivity contribution < 1.29 is 8.42 Å². The Bertz CT molecular complexity index is 463. The molecule has 0 heterocycles. The van der Waals surface area contributed by atoms with Crippen LogP contribution in [0.15, 0.2) is 24.3 Å². The second kappa shape index (κ2) is 4.31. The minimum Gasteiger partial charge on any atom is -0.399 e. The zero-order valence-corrected chi connectivity index (χ0v) is 10.4. The van der Waals surface area contributed by atoms with Gasteiger partial charge < -0.3 is 5.73 Å². The van der Waals surface area contributed by atoms with Gasteiger partial charge in [0.1, 0.15) is 0 Å². The first-order valence-electron chi connectivity index (χ1n) is 4.85. The summed E-state index contributed by atoms with van der Waals surface area (Å²) < 4.78 is 28.2. The predicted octanol–water partition coefficient (Wildman–Crippen LogP) is 1.31. The number of nitrogens with two attached hydrogens (primary N) is 1. The van der Waals surface area contributed by atoms with Crippen molar-refractivity contribution in [1.82, 2.24) is 4.72 Å². The maximum absolute atomic E-state index is 11.7. The third kappa shape index (κ3) is 4.50. The van der Waals surface area contributed by atoms with Crippen LogP contribution >= 0.6 is 0 Å². The molecule has 0 aliphatic rings. The Hall–Kier alpha value is -1.27. The molecule has 0 aliphatic carbocycles. The van der Waals surface area contributed by atoms with Crippen LogP contribution in [-0.2, 0) is 10.2 Å². The summed E-state index contributed by atoms with van der Waals surface area (Å²) in [7, 11) is -3.56. The van der Waals surface area contributed by atoms with Gasteiger partial charge in [-0.2, -0.15) is 13.1 Å². The van der Waals surface area contributed by atoms with Crippen LogP contribution in [0.2, 0.25) is 0 Å². The van der Waals surface area contributed by atoms with E-state index in [0.717, 1.165) is 0 Å². The summed E-state index contributed by atoms with van der Waals surface area (Å²) in [6.45, 7) is 5.31. The first-order valence-corrected chi connectivity index (χ1v) is 6.33. The second-order valence-corrected chi connectivity index (χ2v) is 6.00. The van der Waals surface area contributed by atoms with Crippen LogP contribution in [0.3, 0.4) is 0 Å². The molecule has 16 heavy (non-hydrogen) atoms. The Balaban J connectivity index is 2.81. The van der Waals surface area contributed by atoms with Crippen molar-refractivity contribution in [2.75, 3.05) is 10.5 Å². The van der Waals surface area contributed by atoms with Gasteiger partial charge >= 0.3 is 0 Å². The number of benzene rings is 1. The van der Waals surface area contributed by atoms with Gasteiger partial charge in [-0.05, 0) is 39.0 Å². The van der Waals surface area contributed by atoms with E-state index in [1.165, 1.54) is 0 Å². The molecule has 90 valence electrons. The number of nitrogen functional groups attached to an aromatic ring is 1. The van der Waals surface area contributed by atoms with E-state index in [2.05, 4.69) is 9.44 Å². The van der Waals surface area contributed by atoms with Gasteiger partial charge in [0.05, 0.1) is 5.69 Å². The third-order valence-electron chi connectivity index (χ3n) is 1.58. The van der Waals surface area contributed by atoms with Crippen LogP contribution in [-0.4, -0.2) is 14.0 Å². The summed E-state index contributed by atoms with van der Waals surface area (Å²) in [6, 6.07) is 6.57. The van der Waals surface area contributed by atoms with Crippen LogP contribution in [0.25, 0.3) is 0 Å². The maximum Gasteiger partial charge on any atom is 0.299 e. The molecule has 4 N–H and O–H groups in total. The summed E-state index contributed by atoms with van der Waals surface area (Å²) in [5.74, 6) is 0. The highest BCUT2D eigenvalue weighted by atomic mass is 32.2. The number of hydrogen-bond donors (Lipinski definition) is 3. The van der Waals surface area contributed by atoms with E-state index in [0.29, 0.717) is 11.4 Å². The molecular weight excluding hydrogens is 226 g/mol. The fraction of sp³-hybridized carbons (Fsp3) is 0.400. The molecule has 0 bridgehead atoms. The van der Waals surface area contributed by atoms with E-state index in [1.54, 1.807) is 45.0 Å². The number of hydrogen-bond acceptors (Lipinski definition) is 3. The number of anilines is 2. The normalized spacial score (nSPS) is 12.4. The Morgan fingerprint density at radius 1 is 1.25 bits per heavy atom. The fourth-order valence-corrected chi connectivity index (χ4v) is 2.48. The van der Waals surface area contributed by atoms with Gasteiger partial charge in [0.2, 0.25) is 0 Å². The Labute approximate surface area is 96.2 Å². The third-order valence-corrected chi connectivity index (χ3v) is 2.96. The minimum atomic E-state index is -3.56. The quantitative estimate of drug-likeness (QED) is 0.700. The van der Waals surface area contributed by atoms with Gasteiger partial charge in [-0.3, -0.25) is 4.72 Å². The van der Waals surface area contributed by atoms with Crippen molar-refractivity contribution in [3.8, 4) is 0 Å². The van der Waals surface area contributed by atoms with Crippen molar-refractivity contribution in [3.05, 3.63) is 24.3 Å². The van der Waals surface area contributed by atoms with Crippen molar-refractivity contribution in [3.63, 3.8) is 0 Å². The highest BCUT2D eigenvalue weighted by Gasteiger charge is 2.19. The first-order chi connectivity index (χ1) is 7.18. The molecule has 0 fully saturated rings. The Morgan fingerprint density at radius 2 is 1.88 bits per heavy atom. The molecule has 1 aromatic rings. The van der Waals surface area contributed by atoms with Gasteiger partial charge in [0, 0.05) is 11.2 Å². The summed E-state index contributed by atoms with van der Waals surface area (Å²) in [5, 5.41) is 0. The largest absolute Gasteiger partial charge is 0.399 e. The van der Waals surface area contributed by atoms with Crippen LogP contribution in [0.1, 0.15) is 20.8 Å². The Kier molecular flexibility index (Phi) is 3.44. The van der Waals surface area contributed by atoms with Crippen LogP contribution in [0.4, 0.5) is 11.4 Å². The lowest BCUT2D eigenvalue weighted by Crippen LogP contribution is -2.43. The average Bonchev–Trinajstić information content (AvgIpc) is 1.96. The van der Waals surface area contributed by atoms with Gasteiger partial charge in [0.25, 0.3) is 10.2 Å². The van der Waals surface area contributed by atoms with Crippen LogP contribution in [0.5, 0.6) is 0 Å². The van der Waals surface area contributed by atoms with Crippen LogP contribution in [0, 0.1) is 0 Å². The number of nitrogens with one attached hydrogen (secondary N) is 2. The summed E-state index contributed by atoms with van der Waals surface area (Å²) in [4.78, 5) is 0. The highest BCUT2D eigenvalue weighted by molar-refractivity contribution is 7.90. The van der Waals surface area contributed by atoms with Crippen molar-refractivity contribution >= 4 is 21.6 Å². The summed E-state index contributed by atoms with van der Waals surface area (Å²) >= 11 is 0. The molecule has 1 rings (SSSR count). The van der Waals surface area contributed by atoms with Gasteiger partial charge in [-0.15, -0.1) is 0 Å². The molecule has 0 atom stereocenters. The predicted molar refractivity (Wildman–Crippen MR) is 66.3 cm³/mol. The zero-order valence-electron chi connectivity index (χ0n) is 9.61. The van der Waals surface area contributed by atoms with Crippen LogP contribution < -0.4 is 15.2 Å². The van der Waals surface area contributed by atoms with Gasteiger partial charge in [0.15, 0.2) is 0 Å². The first kappa shape index (κ1) is 12.8. The van der Waals surface area contributed by atoms with E-state index in [9.17, 15) is 8.42 Å². The standard InChI is InChI=1S/C10H17N3O2S/c1-10(2,3)13-16(14,15)12-9-6-4-5-8(11)7-9/h4-7,12-13H,11H2,1-3H3. The molecule has 0 spiro atoms. The molecule has 0 amide bonds. The van der Waals surface area contributed by atoms with E-state index in [4.69, 9.17) is 5.73 Å². The minimum absolute atomic E-state index is 0.441. The highest BCUT2D eigenvalue weighted by Crippen LogP contribution is 2.13. The molecular formula is C10H17N3O2S. The van der Waals surface area contributed by atoms with Crippen molar-refractivity contribution in [2.45, 2.75) is 26.3 Å². The summed E-state index contributed by atoms with van der Waals surface area (Å²) in [5.41, 5.74) is 5.98. The zero-order chi connectivity index (χ0) is 12.4. The molecule has 0 aliphatic heterocycles. The average molecular weight is 243 g/mol. The van der Waals surface area contributed by atoms with Gasteiger partial charge in [-0.1, -0.05) is 6.07 Å². The molecule has 0 saturated carbocycles. The summed E-state index contributed by atoms with van der Waals surface area (Å²) in [6.07, 6.45) is 0. The van der Waals surface area contributed by atoms with Crippen molar-refractivity contribution in [2.24, 2.45) is 0 Å². The smallest absolute Gasteiger partial charge is 0.299 e. The fourth-order valence-electron chi connectivity index (χ4n) is 1.19. The molecule has 6 heteroatoms. The molecule has 0 radical (unpaired) electrons. The molecule has 0 aromatic heterocycles. The van der Waals surface area contributed by atoms with E-state index in [1.807, 2.05) is 0 Å². The van der Waals surface area contributed by atoms with E-state index in [-0.39, 0.29) is 0 Å². The lowest BCUT2D eigenvalue weighted by molar-refractivity contribution is 0.494. The SMILES string of the molecule is CC(C)(C)NS(=O)(=O)Nc1cccc(N)c1. The lowest BCUT2D eigenvalue weighted by atomic mass is 10.1. The van der Waals surface area contributed by atoms with Crippen molar-refractivity contribution in [1.29, 1.82) is 0 Å². The Morgan fingerprint density at radius 3 is 2.38 bits per heavy atom. The molecule has 1 aromatic carbocycles.